The first kappa shape index (κ1) is 46.6. The summed E-state index contributed by atoms with van der Waals surface area (Å²) in [5, 5.41) is 2.67. The molecule has 6 heteroatoms. The molecule has 1 unspecified atom stereocenters. The maximum atomic E-state index is 11.6. The topological polar surface area (TPSA) is 64.6 Å². The van der Waals surface area contributed by atoms with Gasteiger partial charge in [0.15, 0.2) is 0 Å². The van der Waals surface area contributed by atoms with Crippen molar-refractivity contribution in [1.82, 2.24) is 5.32 Å². The Hall–Kier alpha value is -2.86. The molecule has 0 bridgehead atoms. The lowest BCUT2D eigenvalue weighted by Crippen LogP contribution is -2.25. The molecule has 1 atom stereocenters. The minimum absolute atomic E-state index is 0.131. The summed E-state index contributed by atoms with van der Waals surface area (Å²) < 4.78 is 9.81. The first-order valence-corrected chi connectivity index (χ1v) is 17.2. The molecule has 0 aliphatic heterocycles. The molecule has 0 aliphatic carbocycles. The summed E-state index contributed by atoms with van der Waals surface area (Å²) in [6.45, 7) is 30.0. The minimum atomic E-state index is -0.319. The smallest absolute Gasteiger partial charge is 0.307 e. The minimum Gasteiger partial charge on any atom is -0.501 e. The second-order valence-corrected chi connectivity index (χ2v) is 13.4. The summed E-state index contributed by atoms with van der Waals surface area (Å²) in [7, 11) is 3.04. The van der Waals surface area contributed by atoms with E-state index in [1.54, 1.807) is 13.2 Å². The fourth-order valence-electron chi connectivity index (χ4n) is 3.10. The zero-order chi connectivity index (χ0) is 35.4. The van der Waals surface area contributed by atoms with Crippen molar-refractivity contribution in [3.63, 3.8) is 0 Å². The normalized spacial score (nSPS) is 12.3. The van der Waals surface area contributed by atoms with Crippen molar-refractivity contribution in [3.05, 3.63) is 81.8 Å². The summed E-state index contributed by atoms with van der Waals surface area (Å²) >= 11 is 1.48. The van der Waals surface area contributed by atoms with E-state index >= 15 is 0 Å². The van der Waals surface area contributed by atoms with Crippen LogP contribution in [0.1, 0.15) is 123 Å². The molecule has 0 radical (unpaired) electrons. The van der Waals surface area contributed by atoms with Crippen molar-refractivity contribution >= 4 is 23.2 Å². The van der Waals surface area contributed by atoms with E-state index in [1.807, 2.05) is 39.8 Å². The van der Waals surface area contributed by atoms with Crippen LogP contribution in [0.5, 0.6) is 0 Å². The molecular formula is C39H67NO4S. The molecular weight excluding hydrogens is 578 g/mol. The van der Waals surface area contributed by atoms with E-state index in [9.17, 15) is 9.59 Å². The molecule has 1 N–H and O–H groups in total. The molecule has 1 aromatic heterocycles. The van der Waals surface area contributed by atoms with Crippen LogP contribution >= 0.6 is 11.3 Å². The first-order chi connectivity index (χ1) is 21.1. The Bertz CT molecular complexity index is 1050. The van der Waals surface area contributed by atoms with E-state index in [0.717, 1.165) is 42.9 Å². The van der Waals surface area contributed by atoms with E-state index in [0.29, 0.717) is 22.8 Å². The summed E-state index contributed by atoms with van der Waals surface area (Å²) in [5.41, 5.74) is 2.79. The van der Waals surface area contributed by atoms with Gasteiger partial charge in [0, 0.05) is 17.8 Å². The van der Waals surface area contributed by atoms with Gasteiger partial charge in [0.05, 0.1) is 31.3 Å². The largest absolute Gasteiger partial charge is 0.501 e. The van der Waals surface area contributed by atoms with Crippen LogP contribution in [0.3, 0.4) is 0 Å². The Morgan fingerprint density at radius 1 is 0.978 bits per heavy atom. The molecule has 1 heterocycles. The number of allylic oxidation sites excluding steroid dienone is 8. The average Bonchev–Trinajstić information content (AvgIpc) is 3.47. The Morgan fingerprint density at radius 3 is 1.98 bits per heavy atom. The third kappa shape index (κ3) is 28.4. The number of aryl methyl sites for hydroxylation is 1. The van der Waals surface area contributed by atoms with Gasteiger partial charge in [-0.2, -0.15) is 0 Å². The van der Waals surface area contributed by atoms with Crippen LogP contribution in [0.15, 0.2) is 72.1 Å². The molecule has 45 heavy (non-hydrogen) atoms. The van der Waals surface area contributed by atoms with Gasteiger partial charge in [-0.15, -0.1) is 11.3 Å². The third-order valence-corrected chi connectivity index (χ3v) is 7.42. The molecule has 1 rings (SSSR count). The van der Waals surface area contributed by atoms with Crippen molar-refractivity contribution in [2.75, 3.05) is 20.8 Å². The molecule has 0 aliphatic rings. The number of esters is 1. The maximum Gasteiger partial charge on any atom is 0.307 e. The SMILES string of the molecule is C=C(C)/C=C(\C/C=C\C/C(=C/C)C/C=C\C(C)C(C)(C)C)OC.CC.CC(C)C.CCc1ccc(C(=O)NCCC(=O)OC)s1. The molecule has 258 valence electrons. The highest BCUT2D eigenvalue weighted by atomic mass is 32.1. The van der Waals surface area contributed by atoms with E-state index in [1.165, 1.54) is 28.9 Å². The Balaban J connectivity index is -0.000000692. The lowest BCUT2D eigenvalue weighted by atomic mass is 9.82. The van der Waals surface area contributed by atoms with Crippen molar-refractivity contribution in [1.29, 1.82) is 0 Å². The van der Waals surface area contributed by atoms with E-state index in [4.69, 9.17) is 4.74 Å². The monoisotopic (exact) mass is 645 g/mol. The molecule has 1 aromatic rings. The Labute approximate surface area is 282 Å². The first-order valence-electron chi connectivity index (χ1n) is 16.4. The molecule has 5 nitrogen and oxygen atoms in total. The van der Waals surface area contributed by atoms with Crippen molar-refractivity contribution < 1.29 is 19.1 Å². The van der Waals surface area contributed by atoms with E-state index in [2.05, 4.69) is 102 Å². The number of hydrogen-bond donors (Lipinski definition) is 1. The number of amides is 1. The third-order valence-electron chi connectivity index (χ3n) is 6.19. The zero-order valence-corrected chi connectivity index (χ0v) is 32.1. The number of thiophene rings is 1. The molecule has 0 spiro atoms. The van der Waals surface area contributed by atoms with Crippen LogP contribution < -0.4 is 5.32 Å². The average molecular weight is 646 g/mol. The van der Waals surface area contributed by atoms with Crippen molar-refractivity contribution in [2.24, 2.45) is 17.3 Å². The van der Waals surface area contributed by atoms with Gasteiger partial charge in [-0.25, -0.2) is 0 Å². The highest BCUT2D eigenvalue weighted by Gasteiger charge is 2.16. The Morgan fingerprint density at radius 2 is 1.53 bits per heavy atom. The summed E-state index contributed by atoms with van der Waals surface area (Å²) in [4.78, 5) is 24.3. The number of carbonyl (C=O) groups excluding carboxylic acids is 2. The number of methoxy groups -OCH3 is 2. The Kier molecular flexibility index (Phi) is 29.6. The number of nitrogens with one attached hydrogen (secondary N) is 1. The molecule has 1 amide bonds. The van der Waals surface area contributed by atoms with Gasteiger partial charge in [0.1, 0.15) is 0 Å². The standard InChI is InChI=1S/C22H36O.C11H15NO3S.C4H10.C2H6/c1-9-20(15-12-13-19(4)22(5,6)7)14-10-11-16-21(23-8)17-18(2)3;1-3-8-4-5-9(16-8)11(14)12-7-6-10(13)15-2;1-4(2)3;1-2/h9-13,17,19H,2,14-16H2,1,3-8H3;4-5H,3,6-7H2,1-2H3,(H,12,14);4H,1-3H3;1-2H3/b11-10-,13-12-,20-9-,21-17+;;;. The summed E-state index contributed by atoms with van der Waals surface area (Å²) in [6, 6.07) is 3.75. The predicted molar refractivity (Wildman–Crippen MR) is 199 cm³/mol. The summed E-state index contributed by atoms with van der Waals surface area (Å²) in [5.74, 6) is 1.93. The van der Waals surface area contributed by atoms with E-state index < -0.39 is 0 Å². The lowest BCUT2D eigenvalue weighted by Gasteiger charge is -2.24. The fraction of sp³-hybridized carbons (Fsp3) is 0.590. The maximum absolute atomic E-state index is 11.6. The van der Waals surface area contributed by atoms with E-state index in [-0.39, 0.29) is 18.3 Å². The molecule has 0 saturated heterocycles. The number of hydrogen-bond acceptors (Lipinski definition) is 5. The van der Waals surface area contributed by atoms with Crippen LogP contribution in [0.2, 0.25) is 0 Å². The number of ether oxygens (including phenoxy) is 2. The van der Waals surface area contributed by atoms with Gasteiger partial charge in [0.2, 0.25) is 0 Å². The van der Waals surface area contributed by atoms with Gasteiger partial charge in [-0.1, -0.05) is 117 Å². The van der Waals surface area contributed by atoms with Gasteiger partial charge in [-0.05, 0) is 68.6 Å². The second kappa shape index (κ2) is 28.6. The van der Waals surface area contributed by atoms with Gasteiger partial charge < -0.3 is 14.8 Å². The second-order valence-electron chi connectivity index (χ2n) is 12.2. The highest BCUT2D eigenvalue weighted by Crippen LogP contribution is 2.26. The lowest BCUT2D eigenvalue weighted by molar-refractivity contribution is -0.140. The molecule has 0 aromatic carbocycles. The fourth-order valence-corrected chi connectivity index (χ4v) is 3.96. The van der Waals surface area contributed by atoms with Crippen LogP contribution in [0.4, 0.5) is 0 Å². The highest BCUT2D eigenvalue weighted by molar-refractivity contribution is 7.14. The van der Waals surface area contributed by atoms with Crippen LogP contribution in [0, 0.1) is 17.3 Å². The van der Waals surface area contributed by atoms with Crippen LogP contribution in [0.25, 0.3) is 0 Å². The van der Waals surface area contributed by atoms with Crippen molar-refractivity contribution in [2.45, 2.75) is 115 Å². The number of carbonyl (C=O) groups is 2. The van der Waals surface area contributed by atoms with Crippen LogP contribution in [-0.2, 0) is 20.7 Å². The number of rotatable bonds is 14. The van der Waals surface area contributed by atoms with Gasteiger partial charge in [0.25, 0.3) is 5.91 Å². The quantitative estimate of drug-likeness (QED) is 0.0946. The van der Waals surface area contributed by atoms with Crippen molar-refractivity contribution in [3.8, 4) is 0 Å². The molecule has 0 fully saturated rings. The van der Waals surface area contributed by atoms with Gasteiger partial charge in [-0.3, -0.25) is 9.59 Å². The molecule has 0 saturated carbocycles. The van der Waals surface area contributed by atoms with Crippen LogP contribution in [-0.4, -0.2) is 32.6 Å². The zero-order valence-electron chi connectivity index (χ0n) is 31.3. The summed E-state index contributed by atoms with van der Waals surface area (Å²) in [6.07, 6.45) is 17.2. The van der Waals surface area contributed by atoms with Gasteiger partial charge >= 0.3 is 5.97 Å². The predicted octanol–water partition coefficient (Wildman–Crippen LogP) is 11.3.